The molecule has 0 unspecified atom stereocenters. The van der Waals surface area contributed by atoms with Gasteiger partial charge < -0.3 is 19.5 Å². The van der Waals surface area contributed by atoms with E-state index in [1.807, 2.05) is 13.0 Å². The van der Waals surface area contributed by atoms with Crippen molar-refractivity contribution in [2.24, 2.45) is 0 Å². The molecule has 4 rings (SSSR count). The van der Waals surface area contributed by atoms with E-state index in [9.17, 15) is 4.79 Å². The van der Waals surface area contributed by atoms with Crippen molar-refractivity contribution in [1.29, 1.82) is 0 Å². The maximum absolute atomic E-state index is 13.3. The first-order valence-corrected chi connectivity index (χ1v) is 11.6. The molecule has 0 bridgehead atoms. The number of pyridine rings is 1. The Morgan fingerprint density at radius 2 is 1.94 bits per heavy atom. The van der Waals surface area contributed by atoms with E-state index >= 15 is 0 Å². The molecule has 3 aromatic rings. The zero-order chi connectivity index (χ0) is 23.8. The van der Waals surface area contributed by atoms with Crippen LogP contribution in [0.2, 0.25) is 0 Å². The molecule has 0 atom stereocenters. The maximum Gasteiger partial charge on any atom is 0.295 e. The smallest absolute Gasteiger partial charge is 0.295 e. The van der Waals surface area contributed by atoms with Crippen molar-refractivity contribution < 1.29 is 14.2 Å². The van der Waals surface area contributed by atoms with E-state index < -0.39 is 0 Å². The largest absolute Gasteiger partial charge is 0.481 e. The molecule has 1 N–H and O–H groups in total. The minimum atomic E-state index is -0.242. The van der Waals surface area contributed by atoms with Gasteiger partial charge in [0.1, 0.15) is 0 Å². The van der Waals surface area contributed by atoms with Crippen LogP contribution in [0.25, 0.3) is 22.6 Å². The van der Waals surface area contributed by atoms with Crippen molar-refractivity contribution in [3.8, 4) is 17.1 Å². The zero-order valence-corrected chi connectivity index (χ0v) is 19.7. The molecule has 0 spiro atoms. The monoisotopic (exact) mass is 469 g/mol. The first-order valence-electron chi connectivity index (χ1n) is 11.6. The molecule has 0 radical (unpaired) electrons. The molecule has 4 heterocycles. The van der Waals surface area contributed by atoms with Gasteiger partial charge in [-0.15, -0.1) is 0 Å². The number of ether oxygens (including phenoxy) is 3. The van der Waals surface area contributed by atoms with Gasteiger partial charge in [-0.2, -0.15) is 0 Å². The van der Waals surface area contributed by atoms with Crippen LogP contribution in [0.5, 0.6) is 5.88 Å². The van der Waals surface area contributed by atoms with E-state index in [2.05, 4.69) is 25.2 Å². The predicted molar refractivity (Wildman–Crippen MR) is 128 cm³/mol. The molecule has 34 heavy (non-hydrogen) atoms. The highest BCUT2D eigenvalue weighted by Gasteiger charge is 2.16. The molecule has 0 amide bonds. The number of methoxy groups -OCH3 is 1. The summed E-state index contributed by atoms with van der Waals surface area (Å²) in [6.07, 6.45) is 4.21. The zero-order valence-electron chi connectivity index (χ0n) is 19.7. The van der Waals surface area contributed by atoms with Gasteiger partial charge in [-0.25, -0.2) is 19.9 Å². The number of nitrogens with zero attached hydrogens (tertiary/aromatic N) is 6. The van der Waals surface area contributed by atoms with E-state index in [4.69, 9.17) is 19.2 Å². The van der Waals surface area contributed by atoms with Gasteiger partial charge >= 0.3 is 0 Å². The third kappa shape index (κ3) is 5.85. The number of anilines is 1. The van der Waals surface area contributed by atoms with E-state index in [-0.39, 0.29) is 11.4 Å². The number of nitrogens with one attached hydrogen (secondary N) is 1. The highest BCUT2D eigenvalue weighted by molar-refractivity contribution is 5.71. The standard InChI is InChI=1S/C23H31N7O4/c1-3-11-33-14-10-30-22-20(26-16-18(27-22)17-4-5-19(32-2)25-15-17)28-21(23(30)31)24-6-7-29-8-12-34-13-9-29/h4-5,15-16H,3,6-14H2,1-2H3,(H,24,26,28). The van der Waals surface area contributed by atoms with Crippen LogP contribution in [0.3, 0.4) is 0 Å². The van der Waals surface area contributed by atoms with Crippen molar-refractivity contribution in [1.82, 2.24) is 29.4 Å². The SMILES string of the molecule is CCCOCCn1c(=O)c(NCCN2CCOCC2)nc2ncc(-c3ccc(OC)nc3)nc21. The predicted octanol–water partition coefficient (Wildman–Crippen LogP) is 1.43. The van der Waals surface area contributed by atoms with Gasteiger partial charge in [0.05, 0.1) is 45.4 Å². The van der Waals surface area contributed by atoms with Crippen LogP contribution in [0.1, 0.15) is 13.3 Å². The van der Waals surface area contributed by atoms with E-state index in [0.717, 1.165) is 44.8 Å². The molecular weight excluding hydrogens is 438 g/mol. The van der Waals surface area contributed by atoms with Crippen molar-refractivity contribution >= 4 is 17.1 Å². The fourth-order valence-corrected chi connectivity index (χ4v) is 3.68. The van der Waals surface area contributed by atoms with Crippen LogP contribution >= 0.6 is 0 Å². The quantitative estimate of drug-likeness (QED) is 0.413. The van der Waals surface area contributed by atoms with Crippen LogP contribution in [-0.4, -0.2) is 89.1 Å². The van der Waals surface area contributed by atoms with Crippen molar-refractivity contribution in [2.75, 3.05) is 65.0 Å². The molecule has 0 saturated carbocycles. The highest BCUT2D eigenvalue weighted by atomic mass is 16.5. The lowest BCUT2D eigenvalue weighted by atomic mass is 10.2. The maximum atomic E-state index is 13.3. The van der Waals surface area contributed by atoms with Crippen LogP contribution < -0.4 is 15.6 Å². The lowest BCUT2D eigenvalue weighted by Crippen LogP contribution is -2.39. The summed E-state index contributed by atoms with van der Waals surface area (Å²) in [6, 6.07) is 3.61. The summed E-state index contributed by atoms with van der Waals surface area (Å²) >= 11 is 0. The Morgan fingerprint density at radius 1 is 1.09 bits per heavy atom. The number of hydrogen-bond acceptors (Lipinski definition) is 10. The van der Waals surface area contributed by atoms with E-state index in [1.165, 1.54) is 0 Å². The average molecular weight is 470 g/mol. The van der Waals surface area contributed by atoms with Gasteiger partial charge in [0.25, 0.3) is 5.56 Å². The highest BCUT2D eigenvalue weighted by Crippen LogP contribution is 2.19. The number of rotatable bonds is 11. The molecule has 1 aliphatic heterocycles. The average Bonchev–Trinajstić information content (AvgIpc) is 2.88. The van der Waals surface area contributed by atoms with E-state index in [0.29, 0.717) is 49.2 Å². The first-order chi connectivity index (χ1) is 16.7. The Labute approximate surface area is 198 Å². The minimum Gasteiger partial charge on any atom is -0.481 e. The molecular formula is C23H31N7O4. The third-order valence-corrected chi connectivity index (χ3v) is 5.53. The molecule has 0 aliphatic carbocycles. The number of hydrogen-bond donors (Lipinski definition) is 1. The van der Waals surface area contributed by atoms with Crippen molar-refractivity contribution in [3.63, 3.8) is 0 Å². The van der Waals surface area contributed by atoms with E-state index in [1.54, 1.807) is 30.1 Å². The first kappa shape index (κ1) is 24.0. The molecule has 182 valence electrons. The number of fused-ring (bicyclic) bond motifs is 1. The summed E-state index contributed by atoms with van der Waals surface area (Å²) in [5.74, 6) is 0.779. The second-order valence-electron chi connectivity index (χ2n) is 7.90. The fourth-order valence-electron chi connectivity index (χ4n) is 3.68. The molecule has 11 heteroatoms. The second-order valence-corrected chi connectivity index (χ2v) is 7.90. The Kier molecular flexibility index (Phi) is 8.34. The van der Waals surface area contributed by atoms with Crippen LogP contribution in [-0.2, 0) is 16.0 Å². The number of morpholine rings is 1. The van der Waals surface area contributed by atoms with Gasteiger partial charge in [0.2, 0.25) is 5.88 Å². The van der Waals surface area contributed by atoms with Gasteiger partial charge in [-0.05, 0) is 12.5 Å². The normalized spacial score (nSPS) is 14.4. The Hall–Kier alpha value is -3.15. The Morgan fingerprint density at radius 3 is 2.68 bits per heavy atom. The van der Waals surface area contributed by atoms with Crippen molar-refractivity contribution in [3.05, 3.63) is 34.9 Å². The molecule has 11 nitrogen and oxygen atoms in total. The summed E-state index contributed by atoms with van der Waals surface area (Å²) in [5, 5.41) is 3.19. The molecule has 1 fully saturated rings. The molecule has 1 saturated heterocycles. The molecule has 1 aliphatic rings. The minimum absolute atomic E-state index is 0.242. The summed E-state index contributed by atoms with van der Waals surface area (Å²) in [4.78, 5) is 33.5. The van der Waals surface area contributed by atoms with Crippen LogP contribution in [0, 0.1) is 0 Å². The lowest BCUT2D eigenvalue weighted by molar-refractivity contribution is 0.0398. The summed E-state index contributed by atoms with van der Waals surface area (Å²) in [6.45, 7) is 8.09. The molecule has 3 aromatic heterocycles. The van der Waals surface area contributed by atoms with Gasteiger partial charge in [0, 0.05) is 50.6 Å². The second kappa shape index (κ2) is 11.8. The van der Waals surface area contributed by atoms with Crippen molar-refractivity contribution in [2.45, 2.75) is 19.9 Å². The molecule has 0 aromatic carbocycles. The summed E-state index contributed by atoms with van der Waals surface area (Å²) in [5.41, 5.74) is 1.93. The fraction of sp³-hybridized carbons (Fsp3) is 0.522. The van der Waals surface area contributed by atoms with Crippen LogP contribution in [0.15, 0.2) is 29.3 Å². The Bertz CT molecular complexity index is 1130. The van der Waals surface area contributed by atoms with Gasteiger partial charge in [-0.1, -0.05) is 6.92 Å². The van der Waals surface area contributed by atoms with Gasteiger partial charge in [-0.3, -0.25) is 14.3 Å². The Balaban J connectivity index is 1.61. The lowest BCUT2D eigenvalue weighted by Gasteiger charge is -2.26. The summed E-state index contributed by atoms with van der Waals surface area (Å²) < 4.78 is 17.7. The summed E-state index contributed by atoms with van der Waals surface area (Å²) in [7, 11) is 1.56. The van der Waals surface area contributed by atoms with Gasteiger partial charge in [0.15, 0.2) is 17.1 Å². The topological polar surface area (TPSA) is 117 Å². The number of aromatic nitrogens is 5. The third-order valence-electron chi connectivity index (χ3n) is 5.53. The van der Waals surface area contributed by atoms with Crippen LogP contribution in [0.4, 0.5) is 5.82 Å².